The molecule has 0 saturated carbocycles. The summed E-state index contributed by atoms with van der Waals surface area (Å²) in [6.07, 6.45) is 1.67. The van der Waals surface area contributed by atoms with Crippen molar-refractivity contribution in [2.75, 3.05) is 19.5 Å². The Hall–Kier alpha value is -2.15. The number of halogens is 1. The molecule has 0 aliphatic carbocycles. The lowest BCUT2D eigenvalue weighted by Crippen LogP contribution is -2.17. The molecule has 0 radical (unpaired) electrons. The zero-order valence-electron chi connectivity index (χ0n) is 12.5. The molecule has 0 saturated heterocycles. The second kappa shape index (κ2) is 5.92. The fraction of sp³-hybridized carbons (Fsp3) is 0.267. The summed E-state index contributed by atoms with van der Waals surface area (Å²) in [6.45, 7) is 1.95. The number of nitrogens with zero attached hydrogens (tertiary/aromatic N) is 2. The third kappa shape index (κ3) is 2.52. The summed E-state index contributed by atoms with van der Waals surface area (Å²) in [4.78, 5) is 29.2. The predicted molar refractivity (Wildman–Crippen MR) is 88.7 cm³/mol. The van der Waals surface area contributed by atoms with Crippen LogP contribution in [0.1, 0.15) is 22.8 Å². The topological polar surface area (TPSA) is 71.5 Å². The number of anilines is 1. The van der Waals surface area contributed by atoms with Crippen LogP contribution in [0.15, 0.2) is 18.3 Å². The summed E-state index contributed by atoms with van der Waals surface area (Å²) in [5.74, 6) is 0.798. The van der Waals surface area contributed by atoms with E-state index in [2.05, 4.69) is 10.3 Å². The molecular formula is C15H16BrN3O3. The van der Waals surface area contributed by atoms with E-state index >= 15 is 0 Å². The van der Waals surface area contributed by atoms with E-state index in [0.29, 0.717) is 23.7 Å². The number of carbonyl (C=O) groups excluding carboxylic acids is 2. The van der Waals surface area contributed by atoms with Crippen molar-refractivity contribution in [3.8, 4) is 5.75 Å². The van der Waals surface area contributed by atoms with Gasteiger partial charge in [0.15, 0.2) is 0 Å². The summed E-state index contributed by atoms with van der Waals surface area (Å²) in [5.41, 5.74) is 1.50. The van der Waals surface area contributed by atoms with E-state index in [1.54, 1.807) is 37.4 Å². The molecule has 7 heteroatoms. The molecule has 2 heterocycles. The van der Waals surface area contributed by atoms with Crippen LogP contribution in [0, 0.1) is 0 Å². The van der Waals surface area contributed by atoms with E-state index in [1.165, 1.54) is 6.92 Å². The number of ether oxygens (including phenoxy) is 1. The lowest BCUT2D eigenvalue weighted by molar-refractivity contribution is -0.114. The van der Waals surface area contributed by atoms with Crippen molar-refractivity contribution >= 4 is 45.4 Å². The number of pyridine rings is 1. The van der Waals surface area contributed by atoms with Gasteiger partial charge in [-0.15, -0.1) is 17.0 Å². The predicted octanol–water partition coefficient (Wildman–Crippen LogP) is 2.37. The molecule has 0 atom stereocenters. The van der Waals surface area contributed by atoms with Gasteiger partial charge in [-0.3, -0.25) is 9.59 Å². The van der Waals surface area contributed by atoms with E-state index < -0.39 is 0 Å². The number of carbonyl (C=O) groups is 2. The molecule has 6 nitrogen and oxygen atoms in total. The molecule has 1 aromatic heterocycles. The Morgan fingerprint density at radius 1 is 1.41 bits per heavy atom. The minimum absolute atomic E-state index is 0. The zero-order valence-corrected chi connectivity index (χ0v) is 14.2. The Morgan fingerprint density at radius 3 is 2.77 bits per heavy atom. The molecule has 1 N–H and O–H groups in total. The summed E-state index contributed by atoms with van der Waals surface area (Å²) in [5, 5.41) is 4.44. The van der Waals surface area contributed by atoms with Crippen LogP contribution in [0.25, 0.3) is 10.8 Å². The molecule has 0 fully saturated rings. The molecule has 1 aliphatic heterocycles. The minimum Gasteiger partial charge on any atom is -0.496 e. The Bertz CT molecular complexity index is 776. The average molecular weight is 366 g/mol. The Labute approximate surface area is 138 Å². The van der Waals surface area contributed by atoms with Crippen molar-refractivity contribution in [3.63, 3.8) is 0 Å². The van der Waals surface area contributed by atoms with Gasteiger partial charge in [0, 0.05) is 32.1 Å². The maximum atomic E-state index is 12.2. The highest BCUT2D eigenvalue weighted by atomic mass is 79.9. The van der Waals surface area contributed by atoms with Crippen LogP contribution >= 0.6 is 17.0 Å². The van der Waals surface area contributed by atoms with Gasteiger partial charge in [-0.1, -0.05) is 0 Å². The highest BCUT2D eigenvalue weighted by molar-refractivity contribution is 8.93. The number of nitrogens with one attached hydrogen (secondary N) is 1. The molecule has 22 heavy (non-hydrogen) atoms. The Kier molecular flexibility index (Phi) is 4.37. The first-order chi connectivity index (χ1) is 10.0. The van der Waals surface area contributed by atoms with Gasteiger partial charge in [0.05, 0.1) is 12.7 Å². The fourth-order valence-corrected chi connectivity index (χ4v) is 2.65. The monoisotopic (exact) mass is 365 g/mol. The third-order valence-electron chi connectivity index (χ3n) is 3.57. The summed E-state index contributed by atoms with van der Waals surface area (Å²) in [7, 11) is 3.30. The Balaban J connectivity index is 0.00000176. The number of hydrogen-bond donors (Lipinski definition) is 1. The molecule has 2 amide bonds. The lowest BCUT2D eigenvalue weighted by atomic mass is 10.0. The lowest BCUT2D eigenvalue weighted by Gasteiger charge is -2.10. The molecule has 0 unspecified atom stereocenters. The van der Waals surface area contributed by atoms with Crippen molar-refractivity contribution < 1.29 is 14.3 Å². The van der Waals surface area contributed by atoms with Crippen LogP contribution in [-0.4, -0.2) is 35.9 Å². The van der Waals surface area contributed by atoms with Gasteiger partial charge in [0.25, 0.3) is 5.91 Å². The fourth-order valence-electron chi connectivity index (χ4n) is 2.65. The number of amides is 2. The zero-order chi connectivity index (χ0) is 15.1. The average Bonchev–Trinajstić information content (AvgIpc) is 2.74. The maximum Gasteiger partial charge on any atom is 0.258 e. The summed E-state index contributed by atoms with van der Waals surface area (Å²) in [6, 6.07) is 3.59. The van der Waals surface area contributed by atoms with Gasteiger partial charge >= 0.3 is 0 Å². The van der Waals surface area contributed by atoms with Crippen molar-refractivity contribution in [1.82, 2.24) is 9.88 Å². The van der Waals surface area contributed by atoms with Gasteiger partial charge < -0.3 is 15.0 Å². The van der Waals surface area contributed by atoms with E-state index in [0.717, 1.165) is 16.3 Å². The second-order valence-electron chi connectivity index (χ2n) is 5.07. The normalized spacial score (nSPS) is 12.9. The first-order valence-corrected chi connectivity index (χ1v) is 6.54. The van der Waals surface area contributed by atoms with E-state index in [-0.39, 0.29) is 28.8 Å². The Morgan fingerprint density at radius 2 is 2.14 bits per heavy atom. The largest absolute Gasteiger partial charge is 0.496 e. The quantitative estimate of drug-likeness (QED) is 0.886. The van der Waals surface area contributed by atoms with Crippen LogP contribution in [0.3, 0.4) is 0 Å². The molecule has 0 spiro atoms. The highest BCUT2D eigenvalue weighted by Gasteiger charge is 2.30. The van der Waals surface area contributed by atoms with Gasteiger partial charge in [0.2, 0.25) is 5.91 Å². The number of fused-ring (bicyclic) bond motifs is 3. The van der Waals surface area contributed by atoms with Crippen LogP contribution in [0.5, 0.6) is 5.75 Å². The SMILES string of the molecule is Br.COc1cc2cnc(NC(C)=O)cc2c2c1C(=O)N(C)C2. The first-order valence-electron chi connectivity index (χ1n) is 6.54. The molecule has 0 bridgehead atoms. The smallest absolute Gasteiger partial charge is 0.258 e. The van der Waals surface area contributed by atoms with Crippen molar-refractivity contribution in [1.29, 1.82) is 0 Å². The van der Waals surface area contributed by atoms with Gasteiger partial charge in [-0.05, 0) is 23.1 Å². The molecule has 2 aromatic rings. The van der Waals surface area contributed by atoms with Crippen LogP contribution in [0.4, 0.5) is 5.82 Å². The second-order valence-corrected chi connectivity index (χ2v) is 5.07. The number of hydrogen-bond acceptors (Lipinski definition) is 4. The van der Waals surface area contributed by atoms with Gasteiger partial charge in [-0.25, -0.2) is 4.98 Å². The van der Waals surface area contributed by atoms with E-state index in [9.17, 15) is 9.59 Å². The highest BCUT2D eigenvalue weighted by Crippen LogP contribution is 2.37. The summed E-state index contributed by atoms with van der Waals surface area (Å²) < 4.78 is 5.33. The number of rotatable bonds is 2. The number of methoxy groups -OCH3 is 1. The molecule has 116 valence electrons. The van der Waals surface area contributed by atoms with Crippen molar-refractivity contribution in [3.05, 3.63) is 29.5 Å². The van der Waals surface area contributed by atoms with Gasteiger partial charge in [0.1, 0.15) is 11.6 Å². The number of aromatic nitrogens is 1. The third-order valence-corrected chi connectivity index (χ3v) is 3.57. The van der Waals surface area contributed by atoms with Gasteiger partial charge in [-0.2, -0.15) is 0 Å². The van der Waals surface area contributed by atoms with Crippen LogP contribution < -0.4 is 10.1 Å². The molecular weight excluding hydrogens is 350 g/mol. The maximum absolute atomic E-state index is 12.2. The summed E-state index contributed by atoms with van der Waals surface area (Å²) >= 11 is 0. The van der Waals surface area contributed by atoms with Crippen molar-refractivity contribution in [2.24, 2.45) is 0 Å². The number of benzene rings is 1. The van der Waals surface area contributed by atoms with Crippen molar-refractivity contribution in [2.45, 2.75) is 13.5 Å². The molecule has 3 rings (SSSR count). The molecule has 1 aliphatic rings. The first kappa shape index (κ1) is 16.2. The molecule has 1 aromatic carbocycles. The van der Waals surface area contributed by atoms with E-state index in [1.807, 2.05) is 0 Å². The minimum atomic E-state index is -0.180. The van der Waals surface area contributed by atoms with E-state index in [4.69, 9.17) is 4.74 Å². The van der Waals surface area contributed by atoms with Crippen LogP contribution in [-0.2, 0) is 11.3 Å². The van der Waals surface area contributed by atoms with Crippen LogP contribution in [0.2, 0.25) is 0 Å². The standard InChI is InChI=1S/C15H15N3O3.BrH/c1-8(19)17-13-5-10-9(6-16-13)4-12(21-3)14-11(10)7-18(2)15(14)20;/h4-6H,7H2,1-3H3,(H,16,17,19);1H.